The Morgan fingerprint density at radius 3 is 2.83 bits per heavy atom. The summed E-state index contributed by atoms with van der Waals surface area (Å²) in [5.41, 5.74) is 1.67. The topological polar surface area (TPSA) is 51.0 Å². The predicted molar refractivity (Wildman–Crippen MR) is 96.6 cm³/mol. The third-order valence-electron chi connectivity index (χ3n) is 4.26. The second-order valence-corrected chi connectivity index (χ2v) is 6.87. The van der Waals surface area contributed by atoms with Crippen LogP contribution in [0.3, 0.4) is 0 Å². The van der Waals surface area contributed by atoms with Crippen LogP contribution in [0.25, 0.3) is 11.3 Å². The minimum atomic E-state index is 0.0210. The molecule has 0 radical (unpaired) electrons. The van der Waals surface area contributed by atoms with Gasteiger partial charge < -0.3 is 4.90 Å². The Bertz CT molecular complexity index is 874. The van der Waals surface area contributed by atoms with Gasteiger partial charge in [0.2, 0.25) is 5.95 Å². The number of fused-ring (bicyclic) bond motifs is 1. The standard InChI is InChI=1S/C18H18N4OS/c23-17-13-16(14-4-7-19-8-5-14)20-18-21(9-2-10-22(17)18)11-6-15-3-1-12-24-15/h1,3-5,7-8,12-13H,2,6,9-11H2. The lowest BCUT2D eigenvalue weighted by atomic mass is 10.2. The Morgan fingerprint density at radius 1 is 1.17 bits per heavy atom. The zero-order valence-electron chi connectivity index (χ0n) is 13.3. The molecule has 122 valence electrons. The molecule has 4 heterocycles. The third-order valence-corrected chi connectivity index (χ3v) is 5.20. The highest BCUT2D eigenvalue weighted by Gasteiger charge is 2.20. The number of aromatic nitrogens is 3. The van der Waals surface area contributed by atoms with Gasteiger partial charge in [0.1, 0.15) is 0 Å². The van der Waals surface area contributed by atoms with Gasteiger partial charge >= 0.3 is 0 Å². The van der Waals surface area contributed by atoms with Gasteiger partial charge in [-0.05, 0) is 36.4 Å². The summed E-state index contributed by atoms with van der Waals surface area (Å²) in [5, 5.41) is 2.10. The van der Waals surface area contributed by atoms with Gasteiger partial charge in [0.15, 0.2) is 0 Å². The summed E-state index contributed by atoms with van der Waals surface area (Å²) in [6, 6.07) is 9.63. The summed E-state index contributed by atoms with van der Waals surface area (Å²) in [6.07, 6.45) is 5.41. The molecule has 3 aromatic heterocycles. The third kappa shape index (κ3) is 2.97. The molecule has 1 aliphatic rings. The lowest BCUT2D eigenvalue weighted by Crippen LogP contribution is -2.39. The van der Waals surface area contributed by atoms with Crippen LogP contribution in [0.15, 0.2) is 52.9 Å². The number of hydrogen-bond donors (Lipinski definition) is 0. The number of rotatable bonds is 4. The smallest absolute Gasteiger partial charge is 0.255 e. The van der Waals surface area contributed by atoms with Gasteiger partial charge in [-0.25, -0.2) is 4.98 Å². The molecule has 0 unspecified atom stereocenters. The fraction of sp³-hybridized carbons (Fsp3) is 0.278. The van der Waals surface area contributed by atoms with Gasteiger partial charge in [-0.1, -0.05) is 6.07 Å². The lowest BCUT2D eigenvalue weighted by molar-refractivity contribution is 0.533. The van der Waals surface area contributed by atoms with Crippen molar-refractivity contribution in [1.29, 1.82) is 0 Å². The van der Waals surface area contributed by atoms with Crippen LogP contribution in [0.2, 0.25) is 0 Å². The predicted octanol–water partition coefficient (Wildman–Crippen LogP) is 2.82. The molecule has 0 N–H and O–H groups in total. The second-order valence-electron chi connectivity index (χ2n) is 5.84. The summed E-state index contributed by atoms with van der Waals surface area (Å²) in [6.45, 7) is 2.57. The van der Waals surface area contributed by atoms with Gasteiger partial charge in [0, 0.05) is 48.5 Å². The molecule has 0 amide bonds. The number of hydrogen-bond acceptors (Lipinski definition) is 5. The first-order valence-electron chi connectivity index (χ1n) is 8.11. The molecule has 3 aromatic rings. The Hall–Kier alpha value is -2.47. The minimum Gasteiger partial charge on any atom is -0.342 e. The van der Waals surface area contributed by atoms with E-state index in [0.29, 0.717) is 0 Å². The van der Waals surface area contributed by atoms with E-state index in [1.807, 2.05) is 12.1 Å². The maximum absolute atomic E-state index is 12.5. The molecule has 0 aromatic carbocycles. The molecule has 0 fully saturated rings. The van der Waals surface area contributed by atoms with Crippen molar-refractivity contribution in [3.8, 4) is 11.3 Å². The maximum atomic E-state index is 12.5. The Labute approximate surface area is 144 Å². The van der Waals surface area contributed by atoms with Crippen LogP contribution in [0.1, 0.15) is 11.3 Å². The molecule has 0 atom stereocenters. The van der Waals surface area contributed by atoms with Gasteiger partial charge in [-0.2, -0.15) is 0 Å². The van der Waals surface area contributed by atoms with E-state index in [9.17, 15) is 4.79 Å². The molecule has 4 rings (SSSR count). The van der Waals surface area contributed by atoms with E-state index in [1.54, 1.807) is 34.4 Å². The van der Waals surface area contributed by atoms with Crippen LogP contribution in [0.4, 0.5) is 5.95 Å². The summed E-state index contributed by atoms with van der Waals surface area (Å²) < 4.78 is 1.79. The van der Waals surface area contributed by atoms with E-state index < -0.39 is 0 Å². The van der Waals surface area contributed by atoms with Crippen LogP contribution >= 0.6 is 11.3 Å². The first-order valence-corrected chi connectivity index (χ1v) is 8.99. The number of pyridine rings is 1. The van der Waals surface area contributed by atoms with Gasteiger partial charge in [0.05, 0.1) is 5.69 Å². The fourth-order valence-electron chi connectivity index (χ4n) is 3.05. The van der Waals surface area contributed by atoms with Crippen LogP contribution in [0, 0.1) is 0 Å². The van der Waals surface area contributed by atoms with E-state index >= 15 is 0 Å². The lowest BCUT2D eigenvalue weighted by Gasteiger charge is -2.31. The van der Waals surface area contributed by atoms with Crippen molar-refractivity contribution in [3.63, 3.8) is 0 Å². The van der Waals surface area contributed by atoms with E-state index in [4.69, 9.17) is 4.98 Å². The van der Waals surface area contributed by atoms with Crippen molar-refractivity contribution in [1.82, 2.24) is 14.5 Å². The largest absolute Gasteiger partial charge is 0.342 e. The highest BCUT2D eigenvalue weighted by atomic mass is 32.1. The Kier molecular flexibility index (Phi) is 4.13. The quantitative estimate of drug-likeness (QED) is 0.734. The molecular formula is C18H18N4OS. The molecule has 24 heavy (non-hydrogen) atoms. The summed E-state index contributed by atoms with van der Waals surface area (Å²) in [5.74, 6) is 0.789. The minimum absolute atomic E-state index is 0.0210. The molecule has 1 aliphatic heterocycles. The number of thiophene rings is 1. The SMILES string of the molecule is O=c1cc(-c2ccncc2)nc2n1CCCN2CCc1cccs1. The highest BCUT2D eigenvalue weighted by molar-refractivity contribution is 7.09. The normalized spacial score (nSPS) is 13.8. The van der Waals surface area contributed by atoms with Crippen molar-refractivity contribution >= 4 is 17.3 Å². The van der Waals surface area contributed by atoms with Crippen molar-refractivity contribution in [2.24, 2.45) is 0 Å². The molecule has 0 saturated carbocycles. The Balaban J connectivity index is 1.67. The molecule has 0 bridgehead atoms. The van der Waals surface area contributed by atoms with Crippen LogP contribution < -0.4 is 10.5 Å². The van der Waals surface area contributed by atoms with Crippen molar-refractivity contribution < 1.29 is 0 Å². The van der Waals surface area contributed by atoms with E-state index in [-0.39, 0.29) is 5.56 Å². The van der Waals surface area contributed by atoms with E-state index in [2.05, 4.69) is 27.4 Å². The van der Waals surface area contributed by atoms with Gasteiger partial charge in [0.25, 0.3) is 5.56 Å². The summed E-state index contributed by atoms with van der Waals surface area (Å²) in [7, 11) is 0. The number of anilines is 1. The number of nitrogens with zero attached hydrogens (tertiary/aromatic N) is 4. The summed E-state index contributed by atoms with van der Waals surface area (Å²) >= 11 is 1.77. The molecule has 0 saturated heterocycles. The van der Waals surface area contributed by atoms with Crippen molar-refractivity contribution in [3.05, 3.63) is 63.3 Å². The van der Waals surface area contributed by atoms with Crippen LogP contribution in [0.5, 0.6) is 0 Å². The maximum Gasteiger partial charge on any atom is 0.255 e. The van der Waals surface area contributed by atoms with Crippen LogP contribution in [-0.4, -0.2) is 27.6 Å². The van der Waals surface area contributed by atoms with Crippen molar-refractivity contribution in [2.45, 2.75) is 19.4 Å². The molecular weight excluding hydrogens is 320 g/mol. The average molecular weight is 338 g/mol. The first kappa shape index (κ1) is 15.1. The molecule has 0 spiro atoms. The zero-order chi connectivity index (χ0) is 16.4. The van der Waals surface area contributed by atoms with Gasteiger partial charge in [-0.15, -0.1) is 11.3 Å². The highest BCUT2D eigenvalue weighted by Crippen LogP contribution is 2.22. The van der Waals surface area contributed by atoms with E-state index in [0.717, 1.165) is 49.7 Å². The van der Waals surface area contributed by atoms with Crippen molar-refractivity contribution in [2.75, 3.05) is 18.0 Å². The molecule has 6 heteroatoms. The van der Waals surface area contributed by atoms with E-state index in [1.165, 1.54) is 4.88 Å². The molecule has 5 nitrogen and oxygen atoms in total. The first-order chi connectivity index (χ1) is 11.8. The molecule has 0 aliphatic carbocycles. The van der Waals surface area contributed by atoms with Gasteiger partial charge in [-0.3, -0.25) is 14.3 Å². The average Bonchev–Trinajstić information content (AvgIpc) is 3.14. The second kappa shape index (κ2) is 6.57. The zero-order valence-corrected chi connectivity index (χ0v) is 14.1. The van der Waals surface area contributed by atoms with Crippen LogP contribution in [-0.2, 0) is 13.0 Å². The Morgan fingerprint density at radius 2 is 2.04 bits per heavy atom. The summed E-state index contributed by atoms with van der Waals surface area (Å²) in [4.78, 5) is 24.9. The fourth-order valence-corrected chi connectivity index (χ4v) is 3.75. The monoisotopic (exact) mass is 338 g/mol.